The van der Waals surface area contributed by atoms with Gasteiger partial charge in [-0.1, -0.05) is 18.2 Å². The number of pyridine rings is 1. The van der Waals surface area contributed by atoms with E-state index in [4.69, 9.17) is 23.6 Å². The molecular formula is C25H27N5O4. The molecule has 0 amide bonds. The quantitative estimate of drug-likeness (QED) is 0.430. The molecule has 0 N–H and O–H groups in total. The third-order valence-corrected chi connectivity index (χ3v) is 6.30. The molecule has 0 unspecified atom stereocenters. The Morgan fingerprint density at radius 3 is 2.53 bits per heavy atom. The van der Waals surface area contributed by atoms with Gasteiger partial charge in [0.2, 0.25) is 0 Å². The normalized spacial score (nSPS) is 17.5. The van der Waals surface area contributed by atoms with Crippen molar-refractivity contribution in [1.29, 1.82) is 0 Å². The summed E-state index contributed by atoms with van der Waals surface area (Å²) in [7, 11) is 0. The number of benzene rings is 1. The van der Waals surface area contributed by atoms with E-state index in [1.54, 1.807) is 6.20 Å². The minimum atomic E-state index is 0.344. The molecule has 2 aliphatic heterocycles. The van der Waals surface area contributed by atoms with Gasteiger partial charge in [0.1, 0.15) is 23.8 Å². The van der Waals surface area contributed by atoms with Gasteiger partial charge >= 0.3 is 6.01 Å². The molecule has 9 nitrogen and oxygen atoms in total. The molecule has 0 aliphatic carbocycles. The van der Waals surface area contributed by atoms with E-state index in [2.05, 4.69) is 25.8 Å². The van der Waals surface area contributed by atoms with E-state index in [0.717, 1.165) is 79.4 Å². The van der Waals surface area contributed by atoms with Crippen LogP contribution < -0.4 is 9.64 Å². The standard InChI is InChI=1S/C25H27N5O4/c1-2-4-20-18(3-1)17-21(34-20)19-5-6-26-23-22(19)24(30-10-14-32-15-11-30)28-25(27-23)33-16-9-29-7-12-31-13-8-29/h1-6,17H,7-16H2. The van der Waals surface area contributed by atoms with Crippen molar-refractivity contribution < 1.29 is 18.6 Å². The zero-order valence-corrected chi connectivity index (χ0v) is 19.0. The zero-order chi connectivity index (χ0) is 22.7. The second-order valence-corrected chi connectivity index (χ2v) is 8.44. The topological polar surface area (TPSA) is 86.0 Å². The van der Waals surface area contributed by atoms with E-state index in [1.807, 2.05) is 30.3 Å². The highest BCUT2D eigenvalue weighted by Gasteiger charge is 2.23. The first-order valence-electron chi connectivity index (χ1n) is 11.8. The van der Waals surface area contributed by atoms with Crippen molar-refractivity contribution in [2.24, 2.45) is 0 Å². The average molecular weight is 462 g/mol. The maximum absolute atomic E-state index is 6.19. The smallest absolute Gasteiger partial charge is 0.320 e. The lowest BCUT2D eigenvalue weighted by Crippen LogP contribution is -2.39. The van der Waals surface area contributed by atoms with E-state index < -0.39 is 0 Å². The van der Waals surface area contributed by atoms with E-state index in [1.165, 1.54) is 0 Å². The number of morpholine rings is 2. The molecule has 2 aliphatic rings. The Hall–Kier alpha value is -3.27. The van der Waals surface area contributed by atoms with E-state index in [-0.39, 0.29) is 0 Å². The summed E-state index contributed by atoms with van der Waals surface area (Å²) in [6.45, 7) is 7.48. The number of anilines is 1. The minimum Gasteiger partial charge on any atom is -0.462 e. The summed E-state index contributed by atoms with van der Waals surface area (Å²) in [4.78, 5) is 18.6. The molecule has 1 aromatic carbocycles. The van der Waals surface area contributed by atoms with Crippen LogP contribution in [0.3, 0.4) is 0 Å². The molecule has 0 bridgehead atoms. The Kier molecular flexibility index (Phi) is 5.97. The SMILES string of the molecule is c1ccc2oc(-c3ccnc4nc(OCCN5CCOCC5)nc(N5CCOCC5)c34)cc2c1. The molecular weight excluding hydrogens is 434 g/mol. The molecule has 4 aromatic rings. The number of hydrogen-bond donors (Lipinski definition) is 0. The molecule has 0 saturated carbocycles. The lowest BCUT2D eigenvalue weighted by molar-refractivity contribution is 0.0317. The van der Waals surface area contributed by atoms with Crippen LogP contribution in [0.2, 0.25) is 0 Å². The van der Waals surface area contributed by atoms with Gasteiger partial charge in [-0.25, -0.2) is 4.98 Å². The van der Waals surface area contributed by atoms with Crippen LogP contribution in [-0.4, -0.2) is 85.6 Å². The van der Waals surface area contributed by atoms with Crippen LogP contribution in [0, 0.1) is 0 Å². The van der Waals surface area contributed by atoms with Gasteiger partial charge in [0.15, 0.2) is 5.65 Å². The molecule has 0 radical (unpaired) electrons. The number of ether oxygens (including phenoxy) is 3. The lowest BCUT2D eigenvalue weighted by Gasteiger charge is -2.29. The van der Waals surface area contributed by atoms with E-state index >= 15 is 0 Å². The molecule has 0 atom stereocenters. The van der Waals surface area contributed by atoms with Crippen LogP contribution in [0.15, 0.2) is 47.0 Å². The van der Waals surface area contributed by atoms with E-state index in [9.17, 15) is 0 Å². The van der Waals surface area contributed by atoms with Gasteiger partial charge in [-0.2, -0.15) is 9.97 Å². The maximum Gasteiger partial charge on any atom is 0.320 e. The fourth-order valence-corrected chi connectivity index (χ4v) is 4.50. The first-order valence-corrected chi connectivity index (χ1v) is 11.8. The predicted molar refractivity (Wildman–Crippen MR) is 128 cm³/mol. The van der Waals surface area contributed by atoms with Gasteiger partial charge in [0, 0.05) is 49.9 Å². The lowest BCUT2D eigenvalue weighted by atomic mass is 10.1. The second-order valence-electron chi connectivity index (χ2n) is 8.44. The van der Waals surface area contributed by atoms with E-state index in [0.29, 0.717) is 31.5 Å². The van der Waals surface area contributed by atoms with Gasteiger partial charge in [0.05, 0.1) is 31.8 Å². The van der Waals surface area contributed by atoms with Crippen molar-refractivity contribution in [2.45, 2.75) is 0 Å². The van der Waals surface area contributed by atoms with Gasteiger partial charge in [0.25, 0.3) is 0 Å². The summed E-state index contributed by atoms with van der Waals surface area (Å²) in [5.41, 5.74) is 2.36. The molecule has 176 valence electrons. The summed E-state index contributed by atoms with van der Waals surface area (Å²) in [5, 5.41) is 1.92. The molecule has 5 heterocycles. The third-order valence-electron chi connectivity index (χ3n) is 6.30. The van der Waals surface area contributed by atoms with Crippen molar-refractivity contribution in [3.05, 3.63) is 42.6 Å². The number of aromatic nitrogens is 3. The molecule has 2 fully saturated rings. The highest BCUT2D eigenvalue weighted by molar-refractivity contribution is 6.01. The van der Waals surface area contributed by atoms with Gasteiger partial charge in [-0.05, 0) is 18.2 Å². The Bertz CT molecular complexity index is 1250. The first-order chi connectivity index (χ1) is 16.8. The van der Waals surface area contributed by atoms with Crippen molar-refractivity contribution in [3.63, 3.8) is 0 Å². The summed E-state index contributed by atoms with van der Waals surface area (Å²) >= 11 is 0. The summed E-state index contributed by atoms with van der Waals surface area (Å²) in [6.07, 6.45) is 1.76. The molecule has 34 heavy (non-hydrogen) atoms. The van der Waals surface area contributed by atoms with Crippen molar-refractivity contribution in [2.75, 3.05) is 70.7 Å². The Morgan fingerprint density at radius 1 is 0.912 bits per heavy atom. The number of nitrogens with zero attached hydrogens (tertiary/aromatic N) is 5. The number of para-hydroxylation sites is 1. The Labute approximate surface area is 197 Å². The molecule has 0 spiro atoms. The molecule has 3 aromatic heterocycles. The average Bonchev–Trinajstić information content (AvgIpc) is 3.33. The third kappa shape index (κ3) is 4.29. The van der Waals surface area contributed by atoms with Gasteiger partial charge in [-0.15, -0.1) is 0 Å². The second kappa shape index (κ2) is 9.54. The fourth-order valence-electron chi connectivity index (χ4n) is 4.50. The van der Waals surface area contributed by atoms with Crippen LogP contribution in [0.4, 0.5) is 5.82 Å². The summed E-state index contributed by atoms with van der Waals surface area (Å²) < 4.78 is 23.2. The van der Waals surface area contributed by atoms with Crippen LogP contribution in [0.1, 0.15) is 0 Å². The highest BCUT2D eigenvalue weighted by Crippen LogP contribution is 2.37. The number of furan rings is 1. The van der Waals surface area contributed by atoms with Gasteiger partial charge in [-0.3, -0.25) is 4.90 Å². The number of hydrogen-bond acceptors (Lipinski definition) is 9. The first kappa shape index (κ1) is 21.3. The van der Waals surface area contributed by atoms with Crippen molar-refractivity contribution in [3.8, 4) is 17.3 Å². The van der Waals surface area contributed by atoms with Gasteiger partial charge < -0.3 is 23.5 Å². The number of fused-ring (bicyclic) bond motifs is 2. The van der Waals surface area contributed by atoms with Crippen LogP contribution in [0.5, 0.6) is 6.01 Å². The Morgan fingerprint density at radius 2 is 1.71 bits per heavy atom. The molecule has 2 saturated heterocycles. The van der Waals surface area contributed by atoms with Crippen LogP contribution >= 0.6 is 0 Å². The van der Waals surface area contributed by atoms with Crippen molar-refractivity contribution >= 4 is 27.8 Å². The Balaban J connectivity index is 1.37. The van der Waals surface area contributed by atoms with Crippen molar-refractivity contribution in [1.82, 2.24) is 19.9 Å². The summed E-state index contributed by atoms with van der Waals surface area (Å²) in [6, 6.07) is 12.4. The highest BCUT2D eigenvalue weighted by atomic mass is 16.5. The van der Waals surface area contributed by atoms with Crippen LogP contribution in [0.25, 0.3) is 33.3 Å². The molecule has 9 heteroatoms. The zero-order valence-electron chi connectivity index (χ0n) is 19.0. The monoisotopic (exact) mass is 461 g/mol. The molecule has 6 rings (SSSR count). The fraction of sp³-hybridized carbons (Fsp3) is 0.400. The van der Waals surface area contributed by atoms with Crippen LogP contribution in [-0.2, 0) is 9.47 Å². The summed E-state index contributed by atoms with van der Waals surface area (Å²) in [5.74, 6) is 1.57. The maximum atomic E-state index is 6.19. The minimum absolute atomic E-state index is 0.344. The largest absolute Gasteiger partial charge is 0.462 e. The number of rotatable bonds is 6. The predicted octanol–water partition coefficient (Wildman–Crippen LogP) is 2.99.